The predicted octanol–water partition coefficient (Wildman–Crippen LogP) is 2.24. The minimum absolute atomic E-state index is 0.0791. The maximum absolute atomic E-state index is 13.5. The number of halogens is 1. The lowest BCUT2D eigenvalue weighted by atomic mass is 9.87. The molecule has 5 rings (SSSR count). The summed E-state index contributed by atoms with van der Waals surface area (Å²) in [6, 6.07) is 11.7. The van der Waals surface area contributed by atoms with Gasteiger partial charge in [0.05, 0.1) is 11.7 Å². The summed E-state index contributed by atoms with van der Waals surface area (Å²) in [7, 11) is 0. The van der Waals surface area contributed by atoms with Gasteiger partial charge < -0.3 is 29.5 Å². The second-order valence-corrected chi connectivity index (χ2v) is 9.67. The molecule has 0 saturated carbocycles. The van der Waals surface area contributed by atoms with Crippen LogP contribution in [0.4, 0.5) is 4.39 Å². The van der Waals surface area contributed by atoms with Gasteiger partial charge in [0.1, 0.15) is 35.6 Å². The van der Waals surface area contributed by atoms with Crippen molar-refractivity contribution in [3.8, 4) is 11.5 Å². The van der Waals surface area contributed by atoms with E-state index in [1.54, 1.807) is 41.3 Å². The molecule has 8 heteroatoms. The minimum Gasteiger partial charge on any atom is -0.490 e. The molecule has 182 valence electrons. The number of rotatable bonds is 6. The molecule has 34 heavy (non-hydrogen) atoms. The van der Waals surface area contributed by atoms with Gasteiger partial charge in [-0.2, -0.15) is 0 Å². The third-order valence-corrected chi connectivity index (χ3v) is 7.10. The van der Waals surface area contributed by atoms with Crippen LogP contribution in [0.5, 0.6) is 11.5 Å². The Morgan fingerprint density at radius 1 is 1.21 bits per heavy atom. The largest absolute Gasteiger partial charge is 0.490 e. The summed E-state index contributed by atoms with van der Waals surface area (Å²) < 4.78 is 25.6. The molecule has 2 saturated heterocycles. The van der Waals surface area contributed by atoms with Crippen molar-refractivity contribution in [2.75, 3.05) is 39.3 Å². The van der Waals surface area contributed by atoms with E-state index in [0.717, 1.165) is 43.7 Å². The molecule has 2 fully saturated rings. The van der Waals surface area contributed by atoms with E-state index in [2.05, 4.69) is 4.90 Å². The van der Waals surface area contributed by atoms with Crippen molar-refractivity contribution < 1.29 is 28.9 Å². The lowest BCUT2D eigenvalue weighted by molar-refractivity contribution is -0.00201. The van der Waals surface area contributed by atoms with Crippen molar-refractivity contribution in [2.45, 2.75) is 43.5 Å². The topological polar surface area (TPSA) is 82.5 Å². The van der Waals surface area contributed by atoms with E-state index >= 15 is 0 Å². The molecule has 1 spiro atoms. The number of fused-ring (bicyclic) bond motifs is 1. The number of amides is 1. The minimum atomic E-state index is -0.707. The molecule has 3 heterocycles. The van der Waals surface area contributed by atoms with E-state index in [-0.39, 0.29) is 23.9 Å². The van der Waals surface area contributed by atoms with Gasteiger partial charge in [0, 0.05) is 57.5 Å². The Bertz CT molecular complexity index is 1040. The fraction of sp³-hybridized carbons (Fsp3) is 0.500. The zero-order valence-electron chi connectivity index (χ0n) is 19.2. The highest BCUT2D eigenvalue weighted by Gasteiger charge is 2.42. The molecule has 0 bridgehead atoms. The number of para-hydroxylation sites is 1. The summed E-state index contributed by atoms with van der Waals surface area (Å²) in [6.07, 6.45) is 1.75. The van der Waals surface area contributed by atoms with Crippen LogP contribution in [0.2, 0.25) is 0 Å². The Labute approximate surface area is 198 Å². The SMILES string of the molecule is O=C(c1ccccc1OC[C@@H](O)CN1CCC2(CC1)Cc1cc(F)ccc1O2)N1CC[C@H](O)C1. The average Bonchev–Trinajstić information content (AvgIpc) is 3.42. The summed E-state index contributed by atoms with van der Waals surface area (Å²) >= 11 is 0. The van der Waals surface area contributed by atoms with E-state index in [1.807, 2.05) is 0 Å². The highest BCUT2D eigenvalue weighted by atomic mass is 19.1. The lowest BCUT2D eigenvalue weighted by Gasteiger charge is -2.39. The van der Waals surface area contributed by atoms with Crippen LogP contribution >= 0.6 is 0 Å². The number of piperidine rings is 1. The monoisotopic (exact) mass is 470 g/mol. The standard InChI is InChI=1S/C26H31FN2O5/c27-19-5-6-23-18(13-19)14-26(34-23)8-11-28(12-9-26)15-21(31)17-33-24-4-2-1-3-22(24)25(32)29-10-7-20(30)16-29/h1-6,13,20-21,30-31H,7-12,14-17H2/t20-,21-/m0/s1. The molecular formula is C26H31FN2O5. The molecular weight excluding hydrogens is 439 g/mol. The van der Waals surface area contributed by atoms with Crippen LogP contribution in [-0.2, 0) is 6.42 Å². The van der Waals surface area contributed by atoms with Gasteiger partial charge in [-0.1, -0.05) is 12.1 Å². The fourth-order valence-corrected chi connectivity index (χ4v) is 5.23. The second-order valence-electron chi connectivity index (χ2n) is 9.67. The number of aliphatic hydroxyl groups excluding tert-OH is 2. The van der Waals surface area contributed by atoms with Gasteiger partial charge in [-0.3, -0.25) is 4.79 Å². The smallest absolute Gasteiger partial charge is 0.257 e. The molecule has 1 amide bonds. The van der Waals surface area contributed by atoms with Crippen molar-refractivity contribution in [1.29, 1.82) is 0 Å². The summed E-state index contributed by atoms with van der Waals surface area (Å²) in [5.41, 5.74) is 1.09. The van der Waals surface area contributed by atoms with Crippen molar-refractivity contribution >= 4 is 5.91 Å². The van der Waals surface area contributed by atoms with Crippen LogP contribution in [0.3, 0.4) is 0 Å². The van der Waals surface area contributed by atoms with Gasteiger partial charge in [-0.25, -0.2) is 4.39 Å². The molecule has 3 aliphatic heterocycles. The molecule has 0 unspecified atom stereocenters. The highest BCUT2D eigenvalue weighted by molar-refractivity contribution is 5.97. The van der Waals surface area contributed by atoms with E-state index in [4.69, 9.17) is 9.47 Å². The van der Waals surface area contributed by atoms with Crippen LogP contribution in [0, 0.1) is 5.82 Å². The summed E-state index contributed by atoms with van der Waals surface area (Å²) in [4.78, 5) is 16.6. The van der Waals surface area contributed by atoms with Gasteiger partial charge in [0.25, 0.3) is 5.91 Å². The first-order chi connectivity index (χ1) is 16.4. The van der Waals surface area contributed by atoms with Gasteiger partial charge in [0.15, 0.2) is 0 Å². The number of carbonyl (C=O) groups excluding carboxylic acids is 1. The summed E-state index contributed by atoms with van der Waals surface area (Å²) in [5.74, 6) is 0.816. The van der Waals surface area contributed by atoms with Crippen molar-refractivity contribution in [3.63, 3.8) is 0 Å². The van der Waals surface area contributed by atoms with E-state index in [9.17, 15) is 19.4 Å². The van der Waals surface area contributed by atoms with E-state index < -0.39 is 12.2 Å². The zero-order valence-corrected chi connectivity index (χ0v) is 19.2. The van der Waals surface area contributed by atoms with Gasteiger partial charge >= 0.3 is 0 Å². The molecule has 3 aliphatic rings. The first-order valence-electron chi connectivity index (χ1n) is 12.0. The van der Waals surface area contributed by atoms with Crippen molar-refractivity contribution in [1.82, 2.24) is 9.80 Å². The van der Waals surface area contributed by atoms with Gasteiger partial charge in [-0.15, -0.1) is 0 Å². The lowest BCUT2D eigenvalue weighted by Crippen LogP contribution is -2.49. The number of hydrogen-bond donors (Lipinski definition) is 2. The Morgan fingerprint density at radius 2 is 2.00 bits per heavy atom. The summed E-state index contributed by atoms with van der Waals surface area (Å²) in [5, 5.41) is 20.3. The van der Waals surface area contributed by atoms with Crippen molar-refractivity contribution in [2.24, 2.45) is 0 Å². The Morgan fingerprint density at radius 3 is 2.76 bits per heavy atom. The Hall–Kier alpha value is -2.68. The van der Waals surface area contributed by atoms with Crippen LogP contribution in [0.25, 0.3) is 0 Å². The first kappa shape index (κ1) is 23.1. The fourth-order valence-electron chi connectivity index (χ4n) is 5.23. The number of β-amino-alcohol motifs (C(OH)–C–C–N with tert-alkyl or cyclic N) is 2. The Kier molecular flexibility index (Phi) is 6.46. The van der Waals surface area contributed by atoms with Crippen LogP contribution in [-0.4, -0.2) is 83.1 Å². The number of aliphatic hydroxyl groups is 2. The van der Waals surface area contributed by atoms with Crippen molar-refractivity contribution in [3.05, 3.63) is 59.4 Å². The first-order valence-corrected chi connectivity index (χ1v) is 12.0. The molecule has 2 aromatic carbocycles. The molecule has 0 aromatic heterocycles. The van der Waals surface area contributed by atoms with E-state index in [1.165, 1.54) is 6.07 Å². The molecule has 0 aliphatic carbocycles. The third-order valence-electron chi connectivity index (χ3n) is 7.10. The average molecular weight is 471 g/mol. The Balaban J connectivity index is 1.11. The number of likely N-dealkylation sites (tertiary alicyclic amines) is 2. The molecule has 7 nitrogen and oxygen atoms in total. The molecule has 0 radical (unpaired) electrons. The highest BCUT2D eigenvalue weighted by Crippen LogP contribution is 2.41. The second kappa shape index (κ2) is 9.52. The van der Waals surface area contributed by atoms with E-state index in [0.29, 0.717) is 37.4 Å². The number of nitrogens with zero attached hydrogens (tertiary/aromatic N) is 2. The maximum Gasteiger partial charge on any atom is 0.257 e. The van der Waals surface area contributed by atoms with Gasteiger partial charge in [0.2, 0.25) is 0 Å². The maximum atomic E-state index is 13.5. The summed E-state index contributed by atoms with van der Waals surface area (Å²) in [6.45, 7) is 2.95. The predicted molar refractivity (Wildman–Crippen MR) is 124 cm³/mol. The molecule has 2 aromatic rings. The van der Waals surface area contributed by atoms with Crippen LogP contribution in [0.1, 0.15) is 35.2 Å². The normalized spacial score (nSPS) is 22.4. The van der Waals surface area contributed by atoms with Crippen LogP contribution in [0.15, 0.2) is 42.5 Å². The van der Waals surface area contributed by atoms with Crippen LogP contribution < -0.4 is 9.47 Å². The number of carbonyl (C=O) groups is 1. The molecule has 2 N–H and O–H groups in total. The number of hydrogen-bond acceptors (Lipinski definition) is 6. The quantitative estimate of drug-likeness (QED) is 0.674. The number of benzene rings is 2. The zero-order chi connectivity index (χ0) is 23.7. The third kappa shape index (κ3) is 4.89. The number of ether oxygens (including phenoxy) is 2. The molecule has 2 atom stereocenters. The van der Waals surface area contributed by atoms with Gasteiger partial charge in [-0.05, 0) is 36.8 Å².